The third kappa shape index (κ3) is 5.07. The quantitative estimate of drug-likeness (QED) is 0.767. The van der Waals surface area contributed by atoms with Gasteiger partial charge in [0.1, 0.15) is 17.3 Å². The fraction of sp³-hybridized carbons (Fsp3) is 0.235. The number of amides is 1. The summed E-state index contributed by atoms with van der Waals surface area (Å²) in [5.41, 5.74) is -0.487. The summed E-state index contributed by atoms with van der Waals surface area (Å²) in [5.74, 6) is -2.55. The standard InChI is InChI=1S/C17H19F2N3O3S/c1-22(2)11-10-20-26(24,25)13-8-6-12(7-9-13)17(23)21-16-14(18)4-3-5-15(16)19/h3-9,20H,10-11H2,1-2H3,(H,21,23). The van der Waals surface area contributed by atoms with Crippen LogP contribution in [0, 0.1) is 11.6 Å². The van der Waals surface area contributed by atoms with E-state index >= 15 is 0 Å². The molecule has 26 heavy (non-hydrogen) atoms. The number of nitrogens with one attached hydrogen (secondary N) is 2. The predicted octanol–water partition coefficient (Wildman–Crippen LogP) is 2.06. The molecule has 0 unspecified atom stereocenters. The van der Waals surface area contributed by atoms with Crippen molar-refractivity contribution in [1.82, 2.24) is 9.62 Å². The lowest BCUT2D eigenvalue weighted by Gasteiger charge is -2.11. The van der Waals surface area contributed by atoms with Gasteiger partial charge in [0.15, 0.2) is 0 Å². The Balaban J connectivity index is 2.10. The third-order valence-electron chi connectivity index (χ3n) is 3.48. The number of anilines is 1. The Morgan fingerprint density at radius 3 is 2.15 bits per heavy atom. The molecular weight excluding hydrogens is 364 g/mol. The van der Waals surface area contributed by atoms with Crippen molar-refractivity contribution < 1.29 is 22.0 Å². The topological polar surface area (TPSA) is 78.5 Å². The van der Waals surface area contributed by atoms with Crippen LogP contribution in [0.2, 0.25) is 0 Å². The molecule has 0 aliphatic carbocycles. The normalized spacial score (nSPS) is 11.6. The van der Waals surface area contributed by atoms with Gasteiger partial charge in [0, 0.05) is 18.7 Å². The summed E-state index contributed by atoms with van der Waals surface area (Å²) in [7, 11) is -0.0600. The van der Waals surface area contributed by atoms with Crippen LogP contribution in [0.15, 0.2) is 47.4 Å². The maximum absolute atomic E-state index is 13.6. The third-order valence-corrected chi connectivity index (χ3v) is 4.96. The van der Waals surface area contributed by atoms with Crippen LogP contribution >= 0.6 is 0 Å². The second-order valence-electron chi connectivity index (χ2n) is 5.78. The van der Waals surface area contributed by atoms with Crippen LogP contribution in [0.4, 0.5) is 14.5 Å². The summed E-state index contributed by atoms with van der Waals surface area (Å²) in [4.78, 5) is 13.9. The van der Waals surface area contributed by atoms with Gasteiger partial charge in [0.05, 0.1) is 4.90 Å². The first-order valence-corrected chi connectivity index (χ1v) is 9.19. The number of hydrogen-bond donors (Lipinski definition) is 2. The largest absolute Gasteiger partial charge is 0.317 e. The first-order valence-electron chi connectivity index (χ1n) is 7.70. The molecule has 2 rings (SSSR count). The zero-order valence-corrected chi connectivity index (χ0v) is 15.1. The van der Waals surface area contributed by atoms with Gasteiger partial charge in [0.25, 0.3) is 5.91 Å². The Bertz CT molecular complexity index is 864. The van der Waals surface area contributed by atoms with Crippen LogP contribution < -0.4 is 10.0 Å². The second kappa shape index (κ2) is 8.35. The molecule has 0 radical (unpaired) electrons. The lowest BCUT2D eigenvalue weighted by atomic mass is 10.2. The van der Waals surface area contributed by atoms with Crippen molar-refractivity contribution >= 4 is 21.6 Å². The molecule has 0 bridgehead atoms. The van der Waals surface area contributed by atoms with E-state index in [4.69, 9.17) is 0 Å². The molecule has 1 amide bonds. The minimum atomic E-state index is -3.70. The van der Waals surface area contributed by atoms with Gasteiger partial charge in [-0.2, -0.15) is 0 Å². The Morgan fingerprint density at radius 1 is 1.04 bits per heavy atom. The lowest BCUT2D eigenvalue weighted by Crippen LogP contribution is -2.31. The lowest BCUT2D eigenvalue weighted by molar-refractivity contribution is 0.102. The van der Waals surface area contributed by atoms with Crippen LogP contribution in [0.3, 0.4) is 0 Å². The molecule has 0 spiro atoms. The predicted molar refractivity (Wildman–Crippen MR) is 94.5 cm³/mol. The molecule has 0 aromatic heterocycles. The van der Waals surface area contributed by atoms with Gasteiger partial charge in [-0.15, -0.1) is 0 Å². The molecular formula is C17H19F2N3O3S. The summed E-state index contributed by atoms with van der Waals surface area (Å²) >= 11 is 0. The highest BCUT2D eigenvalue weighted by molar-refractivity contribution is 7.89. The summed E-state index contributed by atoms with van der Waals surface area (Å²) in [5, 5.41) is 2.14. The highest BCUT2D eigenvalue weighted by atomic mass is 32.2. The number of hydrogen-bond acceptors (Lipinski definition) is 4. The number of carbonyl (C=O) groups is 1. The van der Waals surface area contributed by atoms with Crippen LogP contribution in [-0.2, 0) is 10.0 Å². The van der Waals surface area contributed by atoms with E-state index in [1.807, 2.05) is 19.0 Å². The Kier molecular flexibility index (Phi) is 6.41. The average molecular weight is 383 g/mol. The van der Waals surface area contributed by atoms with Crippen molar-refractivity contribution in [3.05, 3.63) is 59.7 Å². The van der Waals surface area contributed by atoms with Gasteiger partial charge in [0.2, 0.25) is 10.0 Å². The minimum Gasteiger partial charge on any atom is -0.317 e. The van der Waals surface area contributed by atoms with E-state index in [1.165, 1.54) is 30.3 Å². The molecule has 140 valence electrons. The Hall–Kier alpha value is -2.36. The van der Waals surface area contributed by atoms with Crippen LogP contribution in [-0.4, -0.2) is 46.4 Å². The van der Waals surface area contributed by atoms with Crippen molar-refractivity contribution in [2.75, 3.05) is 32.5 Å². The van der Waals surface area contributed by atoms with E-state index < -0.39 is 33.3 Å². The highest BCUT2D eigenvalue weighted by Crippen LogP contribution is 2.19. The molecule has 0 heterocycles. The zero-order chi connectivity index (χ0) is 19.3. The molecule has 2 aromatic rings. The maximum atomic E-state index is 13.6. The number of para-hydroxylation sites is 1. The second-order valence-corrected chi connectivity index (χ2v) is 7.54. The van der Waals surface area contributed by atoms with Crippen molar-refractivity contribution in [2.45, 2.75) is 4.90 Å². The Morgan fingerprint density at radius 2 is 1.62 bits per heavy atom. The van der Waals surface area contributed by atoms with Gasteiger partial charge < -0.3 is 10.2 Å². The van der Waals surface area contributed by atoms with Gasteiger partial charge in [-0.25, -0.2) is 21.9 Å². The van der Waals surface area contributed by atoms with Gasteiger partial charge >= 0.3 is 0 Å². The maximum Gasteiger partial charge on any atom is 0.255 e. The number of likely N-dealkylation sites (N-methyl/N-ethyl adjacent to an activating group) is 1. The molecule has 0 atom stereocenters. The van der Waals surface area contributed by atoms with Crippen LogP contribution in [0.1, 0.15) is 10.4 Å². The first-order chi connectivity index (χ1) is 12.2. The summed E-state index contributed by atoms with van der Waals surface area (Å²) < 4.78 is 53.9. The zero-order valence-electron chi connectivity index (χ0n) is 14.3. The number of carbonyl (C=O) groups excluding carboxylic acids is 1. The van der Waals surface area contributed by atoms with Crippen molar-refractivity contribution in [3.8, 4) is 0 Å². The smallest absolute Gasteiger partial charge is 0.255 e. The molecule has 6 nitrogen and oxygen atoms in total. The fourth-order valence-electron chi connectivity index (χ4n) is 2.08. The number of benzene rings is 2. The molecule has 0 saturated carbocycles. The molecule has 0 aliphatic heterocycles. The molecule has 0 saturated heterocycles. The van der Waals surface area contributed by atoms with Crippen molar-refractivity contribution in [3.63, 3.8) is 0 Å². The SMILES string of the molecule is CN(C)CCNS(=O)(=O)c1ccc(C(=O)Nc2c(F)cccc2F)cc1. The van der Waals surface area contributed by atoms with Crippen LogP contribution in [0.5, 0.6) is 0 Å². The molecule has 0 fully saturated rings. The summed E-state index contributed by atoms with van der Waals surface area (Å²) in [6.45, 7) is 0.776. The highest BCUT2D eigenvalue weighted by Gasteiger charge is 2.16. The van der Waals surface area contributed by atoms with Gasteiger partial charge in [-0.3, -0.25) is 4.79 Å². The van der Waals surface area contributed by atoms with Crippen molar-refractivity contribution in [1.29, 1.82) is 0 Å². The molecule has 2 aromatic carbocycles. The molecule has 9 heteroatoms. The van der Waals surface area contributed by atoms with E-state index in [2.05, 4.69) is 10.0 Å². The number of rotatable bonds is 7. The number of sulfonamides is 1. The van der Waals surface area contributed by atoms with E-state index in [-0.39, 0.29) is 17.0 Å². The van der Waals surface area contributed by atoms with E-state index in [9.17, 15) is 22.0 Å². The minimum absolute atomic E-state index is 0.00937. The van der Waals surface area contributed by atoms with Gasteiger partial charge in [-0.1, -0.05) is 6.07 Å². The number of halogens is 2. The molecule has 0 aliphatic rings. The van der Waals surface area contributed by atoms with E-state index in [0.717, 1.165) is 12.1 Å². The fourth-order valence-corrected chi connectivity index (χ4v) is 3.10. The van der Waals surface area contributed by atoms with E-state index in [0.29, 0.717) is 6.54 Å². The Labute approximate surface area is 150 Å². The first kappa shape index (κ1) is 20.0. The van der Waals surface area contributed by atoms with Crippen LogP contribution in [0.25, 0.3) is 0 Å². The summed E-state index contributed by atoms with van der Waals surface area (Å²) in [6.07, 6.45) is 0. The summed E-state index contributed by atoms with van der Waals surface area (Å²) in [6, 6.07) is 8.28. The number of nitrogens with zero attached hydrogens (tertiary/aromatic N) is 1. The van der Waals surface area contributed by atoms with E-state index in [1.54, 1.807) is 0 Å². The average Bonchev–Trinajstić information content (AvgIpc) is 2.57. The molecule has 2 N–H and O–H groups in total. The monoisotopic (exact) mass is 383 g/mol. The van der Waals surface area contributed by atoms with Crippen molar-refractivity contribution in [2.24, 2.45) is 0 Å². The van der Waals surface area contributed by atoms with Gasteiger partial charge in [-0.05, 0) is 50.5 Å².